The van der Waals surface area contributed by atoms with Gasteiger partial charge in [-0.25, -0.2) is 21.6 Å². The first-order valence-corrected chi connectivity index (χ1v) is 10.9. The van der Waals surface area contributed by atoms with Crippen LogP contribution in [0.15, 0.2) is 46.7 Å². The number of hydrogen-bond donors (Lipinski definition) is 1. The van der Waals surface area contributed by atoms with Crippen LogP contribution in [-0.2, 0) is 19.9 Å². The summed E-state index contributed by atoms with van der Waals surface area (Å²) in [5.74, 6) is 0. The van der Waals surface area contributed by atoms with Crippen LogP contribution in [0.4, 0.5) is 0 Å². The zero-order valence-electron chi connectivity index (χ0n) is 11.6. The molecule has 2 rings (SSSR count). The third-order valence-corrected chi connectivity index (χ3v) is 7.09. The molecule has 0 aliphatic heterocycles. The van der Waals surface area contributed by atoms with Crippen molar-refractivity contribution >= 4 is 42.8 Å². The van der Waals surface area contributed by atoms with Crippen LogP contribution >= 0.6 is 22.9 Å². The van der Waals surface area contributed by atoms with Gasteiger partial charge < -0.3 is 0 Å². The number of sulfonamides is 1. The van der Waals surface area contributed by atoms with E-state index >= 15 is 0 Å². The Morgan fingerprint density at radius 2 is 1.77 bits per heavy atom. The molecule has 2 aromatic rings. The van der Waals surface area contributed by atoms with Crippen molar-refractivity contribution in [3.63, 3.8) is 0 Å². The van der Waals surface area contributed by atoms with E-state index in [1.807, 2.05) is 0 Å². The summed E-state index contributed by atoms with van der Waals surface area (Å²) in [6.45, 7) is -0.218. The fourth-order valence-corrected chi connectivity index (χ4v) is 5.34. The quantitative estimate of drug-likeness (QED) is 0.836. The van der Waals surface area contributed by atoms with E-state index in [4.69, 9.17) is 11.6 Å². The zero-order chi connectivity index (χ0) is 16.4. The third kappa shape index (κ3) is 4.30. The summed E-state index contributed by atoms with van der Waals surface area (Å²) in [6.07, 6.45) is 0.993. The molecule has 0 bridgehead atoms. The molecule has 5 nitrogen and oxygen atoms in total. The van der Waals surface area contributed by atoms with Crippen LogP contribution in [0, 0.1) is 0 Å². The van der Waals surface area contributed by atoms with Crippen molar-refractivity contribution < 1.29 is 16.8 Å². The third-order valence-electron chi connectivity index (χ3n) is 2.91. The Morgan fingerprint density at radius 3 is 2.27 bits per heavy atom. The number of nitrogens with one attached hydrogen (secondary N) is 1. The minimum atomic E-state index is -3.74. The van der Waals surface area contributed by atoms with E-state index in [2.05, 4.69) is 4.72 Å². The lowest BCUT2D eigenvalue weighted by Crippen LogP contribution is -2.30. The average Bonchev–Trinajstić information content (AvgIpc) is 2.91. The predicted molar refractivity (Wildman–Crippen MR) is 88.5 cm³/mol. The summed E-state index contributed by atoms with van der Waals surface area (Å²) in [5.41, 5.74) is 0. The molecule has 9 heteroatoms. The van der Waals surface area contributed by atoms with Gasteiger partial charge in [0.2, 0.25) is 10.0 Å². The first kappa shape index (κ1) is 17.4. The molecule has 1 N–H and O–H groups in total. The SMILES string of the molecule is CS(=O)(=O)NC[C@H](c1cccs1)S(=O)(=O)c1ccc(Cl)cc1. The molecule has 0 saturated carbocycles. The van der Waals surface area contributed by atoms with Crippen molar-refractivity contribution in [2.45, 2.75) is 10.1 Å². The van der Waals surface area contributed by atoms with Gasteiger partial charge in [0.05, 0.1) is 11.2 Å². The maximum Gasteiger partial charge on any atom is 0.208 e. The van der Waals surface area contributed by atoms with Gasteiger partial charge in [-0.2, -0.15) is 0 Å². The molecule has 22 heavy (non-hydrogen) atoms. The molecule has 0 amide bonds. The molecule has 1 aromatic carbocycles. The van der Waals surface area contributed by atoms with Gasteiger partial charge in [-0.15, -0.1) is 11.3 Å². The minimum absolute atomic E-state index is 0.102. The molecule has 0 saturated heterocycles. The highest BCUT2D eigenvalue weighted by Crippen LogP contribution is 2.31. The van der Waals surface area contributed by atoms with Crippen LogP contribution in [0.5, 0.6) is 0 Å². The summed E-state index contributed by atoms with van der Waals surface area (Å²) >= 11 is 7.04. The maximum atomic E-state index is 12.8. The molecule has 1 heterocycles. The van der Waals surface area contributed by atoms with E-state index in [0.29, 0.717) is 9.90 Å². The number of rotatable bonds is 6. The molecule has 0 spiro atoms. The van der Waals surface area contributed by atoms with E-state index in [1.54, 1.807) is 17.5 Å². The second-order valence-corrected chi connectivity index (χ2v) is 10.0. The largest absolute Gasteiger partial charge is 0.223 e. The van der Waals surface area contributed by atoms with Crippen molar-refractivity contribution in [1.82, 2.24) is 4.72 Å². The van der Waals surface area contributed by atoms with E-state index in [0.717, 1.165) is 6.26 Å². The van der Waals surface area contributed by atoms with Crippen LogP contribution in [0.1, 0.15) is 10.1 Å². The maximum absolute atomic E-state index is 12.8. The predicted octanol–water partition coefficient (Wildman–Crippen LogP) is 2.47. The van der Waals surface area contributed by atoms with Crippen molar-refractivity contribution in [2.24, 2.45) is 0 Å². The van der Waals surface area contributed by atoms with Crippen molar-refractivity contribution in [2.75, 3.05) is 12.8 Å². The van der Waals surface area contributed by atoms with Gasteiger partial charge in [0.15, 0.2) is 9.84 Å². The smallest absolute Gasteiger partial charge is 0.208 e. The minimum Gasteiger partial charge on any atom is -0.223 e. The fraction of sp³-hybridized carbons (Fsp3) is 0.231. The van der Waals surface area contributed by atoms with Crippen LogP contribution in [0.2, 0.25) is 5.02 Å². The Bertz CT molecular complexity index is 828. The number of thiophene rings is 1. The Morgan fingerprint density at radius 1 is 1.14 bits per heavy atom. The summed E-state index contributed by atoms with van der Waals surface area (Å²) in [6, 6.07) is 9.21. The highest BCUT2D eigenvalue weighted by molar-refractivity contribution is 7.92. The monoisotopic (exact) mass is 379 g/mol. The Hall–Kier alpha value is -0.930. The summed E-state index contributed by atoms with van der Waals surface area (Å²) in [4.78, 5) is 0.678. The second-order valence-electron chi connectivity index (χ2n) is 4.62. The van der Waals surface area contributed by atoms with Gasteiger partial charge in [-0.3, -0.25) is 0 Å². The molecule has 0 fully saturated rings. The molecular weight excluding hydrogens is 366 g/mol. The summed E-state index contributed by atoms with van der Waals surface area (Å²) in [7, 11) is -7.23. The molecular formula is C13H14ClNO4S3. The van der Waals surface area contributed by atoms with Crippen LogP contribution in [-0.4, -0.2) is 29.6 Å². The average molecular weight is 380 g/mol. The molecule has 0 aliphatic rings. The topological polar surface area (TPSA) is 80.3 Å². The molecule has 0 radical (unpaired) electrons. The Labute approximate surface area is 138 Å². The van der Waals surface area contributed by atoms with E-state index in [-0.39, 0.29) is 11.4 Å². The summed E-state index contributed by atoms with van der Waals surface area (Å²) in [5, 5.41) is 1.20. The van der Waals surface area contributed by atoms with Gasteiger partial charge in [-0.05, 0) is 35.7 Å². The standard InChI is InChI=1S/C13H14ClNO4S3/c1-21(16,17)15-9-13(12-3-2-8-20-12)22(18,19)11-6-4-10(14)5-7-11/h2-8,13,15H,9H2,1H3/t13-/m1/s1. The van der Waals surface area contributed by atoms with Crippen molar-refractivity contribution in [3.05, 3.63) is 51.7 Å². The van der Waals surface area contributed by atoms with Gasteiger partial charge >= 0.3 is 0 Å². The van der Waals surface area contributed by atoms with Gasteiger partial charge in [0, 0.05) is 16.4 Å². The zero-order valence-corrected chi connectivity index (χ0v) is 14.8. The molecule has 0 unspecified atom stereocenters. The van der Waals surface area contributed by atoms with Gasteiger partial charge in [0.1, 0.15) is 5.25 Å². The lowest BCUT2D eigenvalue weighted by molar-refractivity contribution is 0.572. The number of halogens is 1. The lowest BCUT2D eigenvalue weighted by Gasteiger charge is -2.17. The number of sulfone groups is 1. The summed E-state index contributed by atoms with van der Waals surface area (Å²) < 4.78 is 50.4. The normalized spacial score (nSPS) is 13.9. The number of hydrogen-bond acceptors (Lipinski definition) is 5. The first-order chi connectivity index (χ1) is 10.2. The Balaban J connectivity index is 2.41. The number of benzene rings is 1. The van der Waals surface area contributed by atoms with E-state index < -0.39 is 25.1 Å². The Kier molecular flexibility index (Phi) is 5.29. The molecule has 120 valence electrons. The van der Waals surface area contributed by atoms with Gasteiger partial charge in [0.25, 0.3) is 0 Å². The molecule has 1 aromatic heterocycles. The lowest BCUT2D eigenvalue weighted by atomic mass is 10.3. The highest BCUT2D eigenvalue weighted by atomic mass is 35.5. The van der Waals surface area contributed by atoms with Crippen molar-refractivity contribution in [1.29, 1.82) is 0 Å². The molecule has 1 atom stereocenters. The second kappa shape index (κ2) is 6.67. The van der Waals surface area contributed by atoms with Crippen LogP contribution in [0.25, 0.3) is 0 Å². The van der Waals surface area contributed by atoms with Gasteiger partial charge in [-0.1, -0.05) is 17.7 Å². The van der Waals surface area contributed by atoms with E-state index in [9.17, 15) is 16.8 Å². The van der Waals surface area contributed by atoms with Crippen molar-refractivity contribution in [3.8, 4) is 0 Å². The highest BCUT2D eigenvalue weighted by Gasteiger charge is 2.30. The fourth-order valence-electron chi connectivity index (χ4n) is 1.85. The molecule has 0 aliphatic carbocycles. The van der Waals surface area contributed by atoms with E-state index in [1.165, 1.54) is 35.6 Å². The van der Waals surface area contributed by atoms with Crippen LogP contribution in [0.3, 0.4) is 0 Å². The van der Waals surface area contributed by atoms with Crippen LogP contribution < -0.4 is 4.72 Å². The first-order valence-electron chi connectivity index (χ1n) is 6.17.